The van der Waals surface area contributed by atoms with Crippen LogP contribution in [-0.2, 0) is 17.6 Å². The zero-order valence-corrected chi connectivity index (χ0v) is 20.8. The highest BCUT2D eigenvalue weighted by molar-refractivity contribution is 5.82. The number of ether oxygens (including phenoxy) is 1. The van der Waals surface area contributed by atoms with Crippen LogP contribution in [0.3, 0.4) is 0 Å². The molecule has 8 heteroatoms. The van der Waals surface area contributed by atoms with Gasteiger partial charge in [0, 0.05) is 24.6 Å². The molecule has 0 bridgehead atoms. The van der Waals surface area contributed by atoms with Gasteiger partial charge in [0.15, 0.2) is 0 Å². The second kappa shape index (κ2) is 12.4. The van der Waals surface area contributed by atoms with Crippen molar-refractivity contribution in [1.29, 1.82) is 0 Å². The Balaban J connectivity index is 1.53. The molecule has 3 heterocycles. The molecule has 186 valence electrons. The molecule has 1 aliphatic rings. The second-order valence-electron chi connectivity index (χ2n) is 8.92. The molecule has 2 aromatic heterocycles. The van der Waals surface area contributed by atoms with Crippen LogP contribution in [0.5, 0.6) is 5.75 Å². The van der Waals surface area contributed by atoms with Crippen LogP contribution in [-0.4, -0.2) is 56.6 Å². The van der Waals surface area contributed by atoms with E-state index in [1.54, 1.807) is 17.1 Å². The Morgan fingerprint density at radius 2 is 1.89 bits per heavy atom. The van der Waals surface area contributed by atoms with Crippen LogP contribution in [0.2, 0.25) is 0 Å². The number of benzene rings is 1. The number of aryl methyl sites for hydroxylation is 1. The summed E-state index contributed by atoms with van der Waals surface area (Å²) in [5.74, 6) is 1.43. The van der Waals surface area contributed by atoms with Gasteiger partial charge in [-0.25, -0.2) is 15.0 Å². The largest absolute Gasteiger partial charge is 0.494 e. The SMILES string of the molecule is CCCc1cc(C(C(=O)NCCc2ccc(OCC)cc2)N2CCCCC2)nc(-n2ccnc2)n1. The lowest BCUT2D eigenvalue weighted by Gasteiger charge is -2.33. The smallest absolute Gasteiger partial charge is 0.243 e. The molecule has 1 fully saturated rings. The predicted molar refractivity (Wildman–Crippen MR) is 136 cm³/mol. The monoisotopic (exact) mass is 476 g/mol. The lowest BCUT2D eigenvalue weighted by molar-refractivity contribution is -0.127. The highest BCUT2D eigenvalue weighted by Gasteiger charge is 2.30. The summed E-state index contributed by atoms with van der Waals surface area (Å²) >= 11 is 0. The summed E-state index contributed by atoms with van der Waals surface area (Å²) < 4.78 is 7.33. The van der Waals surface area contributed by atoms with Crippen molar-refractivity contribution in [3.63, 3.8) is 0 Å². The Hall–Kier alpha value is -3.26. The summed E-state index contributed by atoms with van der Waals surface area (Å²) in [6, 6.07) is 9.64. The van der Waals surface area contributed by atoms with Gasteiger partial charge in [0.1, 0.15) is 18.1 Å². The normalized spacial score (nSPS) is 15.0. The molecule has 1 amide bonds. The van der Waals surface area contributed by atoms with E-state index in [0.717, 1.165) is 67.9 Å². The Morgan fingerprint density at radius 1 is 1.09 bits per heavy atom. The van der Waals surface area contributed by atoms with Gasteiger partial charge >= 0.3 is 0 Å². The van der Waals surface area contributed by atoms with Gasteiger partial charge in [-0.1, -0.05) is 31.9 Å². The van der Waals surface area contributed by atoms with Crippen molar-refractivity contribution < 1.29 is 9.53 Å². The summed E-state index contributed by atoms with van der Waals surface area (Å²) in [5.41, 5.74) is 2.87. The van der Waals surface area contributed by atoms with Crippen molar-refractivity contribution in [1.82, 2.24) is 29.7 Å². The Labute approximate surface area is 207 Å². The molecule has 1 aromatic carbocycles. The fourth-order valence-electron chi connectivity index (χ4n) is 4.53. The van der Waals surface area contributed by atoms with Gasteiger partial charge in [-0.15, -0.1) is 0 Å². The first-order valence-electron chi connectivity index (χ1n) is 12.8. The maximum absolute atomic E-state index is 13.6. The molecule has 35 heavy (non-hydrogen) atoms. The molecule has 1 aliphatic heterocycles. The van der Waals surface area contributed by atoms with Crippen LogP contribution in [0.4, 0.5) is 0 Å². The minimum atomic E-state index is -0.434. The highest BCUT2D eigenvalue weighted by Crippen LogP contribution is 2.25. The first-order valence-corrected chi connectivity index (χ1v) is 12.8. The maximum Gasteiger partial charge on any atom is 0.243 e. The van der Waals surface area contributed by atoms with Crippen LogP contribution in [0, 0.1) is 0 Å². The molecule has 0 radical (unpaired) electrons. The van der Waals surface area contributed by atoms with Crippen LogP contribution in [0.1, 0.15) is 62.5 Å². The maximum atomic E-state index is 13.6. The van der Waals surface area contributed by atoms with E-state index in [9.17, 15) is 4.79 Å². The van der Waals surface area contributed by atoms with Gasteiger partial charge in [-0.05, 0) is 69.5 Å². The van der Waals surface area contributed by atoms with Crippen LogP contribution in [0.15, 0.2) is 49.1 Å². The number of imidazole rings is 1. The topological polar surface area (TPSA) is 85.2 Å². The van der Waals surface area contributed by atoms with Crippen LogP contribution < -0.4 is 10.1 Å². The summed E-state index contributed by atoms with van der Waals surface area (Å²) in [6.45, 7) is 7.12. The molecule has 1 atom stereocenters. The molecular formula is C27H36N6O2. The third kappa shape index (κ3) is 6.66. The predicted octanol–water partition coefficient (Wildman–Crippen LogP) is 3.90. The third-order valence-corrected chi connectivity index (χ3v) is 6.26. The van der Waals surface area contributed by atoms with Gasteiger partial charge in [-0.2, -0.15) is 0 Å². The molecule has 1 saturated heterocycles. The van der Waals surface area contributed by atoms with E-state index < -0.39 is 6.04 Å². The number of amides is 1. The molecular weight excluding hydrogens is 440 g/mol. The molecule has 3 aromatic rings. The van der Waals surface area contributed by atoms with Gasteiger partial charge < -0.3 is 10.1 Å². The van der Waals surface area contributed by atoms with E-state index in [4.69, 9.17) is 14.7 Å². The van der Waals surface area contributed by atoms with E-state index in [1.165, 1.54) is 6.42 Å². The summed E-state index contributed by atoms with van der Waals surface area (Å²) in [4.78, 5) is 29.6. The first kappa shape index (κ1) is 24.9. The number of nitrogens with zero attached hydrogens (tertiary/aromatic N) is 5. The molecule has 4 rings (SSSR count). The van der Waals surface area contributed by atoms with Gasteiger partial charge in [0.05, 0.1) is 12.3 Å². The van der Waals surface area contributed by atoms with Gasteiger partial charge in [0.25, 0.3) is 0 Å². The minimum absolute atomic E-state index is 0.00411. The first-order chi connectivity index (χ1) is 17.2. The van der Waals surface area contributed by atoms with E-state index in [1.807, 2.05) is 31.3 Å². The fourth-order valence-corrected chi connectivity index (χ4v) is 4.53. The lowest BCUT2D eigenvalue weighted by Crippen LogP contribution is -2.44. The average Bonchev–Trinajstić information content (AvgIpc) is 3.42. The molecule has 1 unspecified atom stereocenters. The fraction of sp³-hybridized carbons (Fsp3) is 0.481. The second-order valence-corrected chi connectivity index (χ2v) is 8.92. The van der Waals surface area contributed by atoms with Crippen molar-refractivity contribution >= 4 is 5.91 Å². The number of piperidine rings is 1. The third-order valence-electron chi connectivity index (χ3n) is 6.26. The number of carbonyl (C=O) groups excluding carboxylic acids is 1. The Bertz CT molecular complexity index is 1060. The Morgan fingerprint density at radius 3 is 2.57 bits per heavy atom. The van der Waals surface area contributed by atoms with Crippen molar-refractivity contribution in [2.45, 2.75) is 58.4 Å². The quantitative estimate of drug-likeness (QED) is 0.452. The standard InChI is InChI=1S/C27H36N6O2/c1-3-8-22-19-24(31-27(30-22)33-18-15-28-20-33)25(32-16-6-5-7-17-32)26(34)29-14-13-21-9-11-23(12-10-21)35-4-2/h9-12,15,18-20,25H,3-8,13-14,16-17H2,1-2H3,(H,29,34). The number of nitrogens with one attached hydrogen (secondary N) is 1. The van der Waals surface area contributed by atoms with E-state index >= 15 is 0 Å². The number of hydrogen-bond donors (Lipinski definition) is 1. The van der Waals surface area contributed by atoms with Crippen molar-refractivity contribution in [3.8, 4) is 11.7 Å². The molecule has 0 spiro atoms. The summed E-state index contributed by atoms with van der Waals surface area (Å²) in [7, 11) is 0. The molecule has 0 aliphatic carbocycles. The van der Waals surface area contributed by atoms with Crippen molar-refractivity contribution in [2.75, 3.05) is 26.2 Å². The number of rotatable bonds is 11. The molecule has 8 nitrogen and oxygen atoms in total. The number of hydrogen-bond acceptors (Lipinski definition) is 6. The highest BCUT2D eigenvalue weighted by atomic mass is 16.5. The van der Waals surface area contributed by atoms with Crippen molar-refractivity contribution in [2.24, 2.45) is 0 Å². The lowest BCUT2D eigenvalue weighted by atomic mass is 10.0. The van der Waals surface area contributed by atoms with Crippen LogP contribution >= 0.6 is 0 Å². The van der Waals surface area contributed by atoms with E-state index in [-0.39, 0.29) is 5.91 Å². The average molecular weight is 477 g/mol. The van der Waals surface area contributed by atoms with Crippen molar-refractivity contribution in [3.05, 3.63) is 66.0 Å². The minimum Gasteiger partial charge on any atom is -0.494 e. The Kier molecular flexibility index (Phi) is 8.84. The zero-order valence-electron chi connectivity index (χ0n) is 20.8. The zero-order chi connectivity index (χ0) is 24.5. The van der Waals surface area contributed by atoms with Gasteiger partial charge in [0.2, 0.25) is 11.9 Å². The number of likely N-dealkylation sites (tertiary alicyclic amines) is 1. The number of aromatic nitrogens is 4. The summed E-state index contributed by atoms with van der Waals surface area (Å²) in [6.07, 6.45) is 11.2. The van der Waals surface area contributed by atoms with E-state index in [0.29, 0.717) is 19.1 Å². The molecule has 0 saturated carbocycles. The van der Waals surface area contributed by atoms with Crippen LogP contribution in [0.25, 0.3) is 5.95 Å². The number of carbonyl (C=O) groups is 1. The molecule has 1 N–H and O–H groups in total. The summed E-state index contributed by atoms with van der Waals surface area (Å²) in [5, 5.41) is 3.18. The van der Waals surface area contributed by atoms with Gasteiger partial charge in [-0.3, -0.25) is 14.3 Å². The van der Waals surface area contributed by atoms with E-state index in [2.05, 4.69) is 34.3 Å².